The molecule has 1 aliphatic carbocycles. The second-order valence-corrected chi connectivity index (χ2v) is 6.26. The summed E-state index contributed by atoms with van der Waals surface area (Å²) >= 11 is 5.88. The van der Waals surface area contributed by atoms with Crippen LogP contribution >= 0.6 is 11.6 Å². The quantitative estimate of drug-likeness (QED) is 0.914. The van der Waals surface area contributed by atoms with E-state index in [4.69, 9.17) is 11.6 Å². The molecule has 2 aromatic rings. The molecule has 1 aromatic heterocycles. The summed E-state index contributed by atoms with van der Waals surface area (Å²) in [4.78, 5) is 26.1. The van der Waals surface area contributed by atoms with E-state index in [1.54, 1.807) is 13.0 Å². The fourth-order valence-electron chi connectivity index (χ4n) is 2.81. The lowest BCUT2D eigenvalue weighted by atomic mass is 9.76. The van der Waals surface area contributed by atoms with Gasteiger partial charge in [-0.15, -0.1) is 0 Å². The van der Waals surface area contributed by atoms with E-state index in [0.29, 0.717) is 11.6 Å². The fourth-order valence-corrected chi connectivity index (χ4v) is 2.94. The smallest absolute Gasteiger partial charge is 0.268 e. The molecule has 0 spiro atoms. The van der Waals surface area contributed by atoms with E-state index in [2.05, 4.69) is 10.3 Å². The third-order valence-electron chi connectivity index (χ3n) is 4.05. The van der Waals surface area contributed by atoms with Crippen molar-refractivity contribution in [2.75, 3.05) is 0 Å². The van der Waals surface area contributed by atoms with Gasteiger partial charge in [0.25, 0.3) is 5.91 Å². The first kappa shape index (κ1) is 14.9. The van der Waals surface area contributed by atoms with Crippen molar-refractivity contribution in [1.29, 1.82) is 0 Å². The number of H-pyrrole nitrogens is 1. The number of rotatable bonds is 3. The molecule has 0 unspecified atom stereocenters. The molecule has 0 aliphatic heterocycles. The summed E-state index contributed by atoms with van der Waals surface area (Å²) in [5.74, 6) is 0.236. The number of benzene rings is 1. The Kier molecular flexibility index (Phi) is 4.03. The number of aromatic amines is 1. The number of carbonyl (C=O) groups excluding carboxylic acids is 1. The van der Waals surface area contributed by atoms with Gasteiger partial charge in [0.2, 0.25) is 5.56 Å². The Morgan fingerprint density at radius 3 is 2.55 bits per heavy atom. The van der Waals surface area contributed by atoms with Gasteiger partial charge in [0.05, 0.1) is 0 Å². The van der Waals surface area contributed by atoms with Crippen LogP contribution in [0.4, 0.5) is 0 Å². The van der Waals surface area contributed by atoms with Crippen molar-refractivity contribution in [1.82, 2.24) is 10.3 Å². The molecular formula is C17H17ClN2O2. The fraction of sp³-hybridized carbons (Fsp3) is 0.294. The van der Waals surface area contributed by atoms with Gasteiger partial charge in [-0.2, -0.15) is 0 Å². The predicted molar refractivity (Wildman–Crippen MR) is 86.5 cm³/mol. The minimum Gasteiger partial charge on any atom is -0.348 e. The summed E-state index contributed by atoms with van der Waals surface area (Å²) in [6.07, 6.45) is 1.81. The molecule has 0 saturated heterocycles. The van der Waals surface area contributed by atoms with Crippen LogP contribution in [-0.4, -0.2) is 16.9 Å². The molecule has 0 atom stereocenters. The van der Waals surface area contributed by atoms with Gasteiger partial charge in [-0.3, -0.25) is 9.59 Å². The van der Waals surface area contributed by atoms with Crippen molar-refractivity contribution in [2.24, 2.45) is 0 Å². The molecule has 1 saturated carbocycles. The summed E-state index contributed by atoms with van der Waals surface area (Å²) in [6, 6.07) is 11.1. The molecule has 1 heterocycles. The highest BCUT2D eigenvalue weighted by Crippen LogP contribution is 2.37. The van der Waals surface area contributed by atoms with Crippen LogP contribution < -0.4 is 10.9 Å². The van der Waals surface area contributed by atoms with Crippen molar-refractivity contribution in [3.05, 3.63) is 68.6 Å². The molecule has 0 radical (unpaired) electrons. The van der Waals surface area contributed by atoms with E-state index in [1.165, 1.54) is 11.6 Å². The highest BCUT2D eigenvalue weighted by Gasteiger charge is 2.31. The lowest BCUT2D eigenvalue weighted by molar-refractivity contribution is 0.0903. The van der Waals surface area contributed by atoms with Gasteiger partial charge in [-0.1, -0.05) is 23.7 Å². The number of carbonyl (C=O) groups is 1. The van der Waals surface area contributed by atoms with Gasteiger partial charge in [0.15, 0.2) is 0 Å². The summed E-state index contributed by atoms with van der Waals surface area (Å²) in [7, 11) is 0. The SMILES string of the molecule is Cc1cc(C(=O)NC2CC(c3ccc(Cl)cc3)C2)[nH]c(=O)c1. The molecule has 1 fully saturated rings. The first-order valence-corrected chi connectivity index (χ1v) is 7.66. The largest absolute Gasteiger partial charge is 0.348 e. The molecule has 3 rings (SSSR count). The van der Waals surface area contributed by atoms with Crippen LogP contribution in [0.25, 0.3) is 0 Å². The van der Waals surface area contributed by atoms with Gasteiger partial charge in [-0.05, 0) is 55.0 Å². The first-order valence-electron chi connectivity index (χ1n) is 7.28. The van der Waals surface area contributed by atoms with Crippen LogP contribution in [0.2, 0.25) is 5.02 Å². The minimum absolute atomic E-state index is 0.150. The molecule has 1 amide bonds. The molecule has 22 heavy (non-hydrogen) atoms. The number of pyridine rings is 1. The Morgan fingerprint density at radius 2 is 1.91 bits per heavy atom. The van der Waals surface area contributed by atoms with Crippen LogP contribution in [0.15, 0.2) is 41.2 Å². The van der Waals surface area contributed by atoms with E-state index < -0.39 is 0 Å². The number of aromatic nitrogens is 1. The molecule has 0 bridgehead atoms. The second kappa shape index (κ2) is 5.97. The monoisotopic (exact) mass is 316 g/mol. The van der Waals surface area contributed by atoms with Gasteiger partial charge in [0.1, 0.15) is 5.69 Å². The van der Waals surface area contributed by atoms with E-state index in [0.717, 1.165) is 23.4 Å². The maximum absolute atomic E-state index is 12.1. The second-order valence-electron chi connectivity index (χ2n) is 5.83. The molecule has 1 aliphatic rings. The Bertz CT molecular complexity index is 746. The standard InChI is InChI=1S/C17H17ClN2O2/c1-10-6-15(20-16(21)7-10)17(22)19-14-8-12(9-14)11-2-4-13(18)5-3-11/h2-7,12,14H,8-9H2,1H3,(H,19,22)(H,20,21). The van der Waals surface area contributed by atoms with Gasteiger partial charge in [0, 0.05) is 17.1 Å². The molecule has 5 heteroatoms. The average Bonchev–Trinajstić information content (AvgIpc) is 2.42. The molecule has 2 N–H and O–H groups in total. The van der Waals surface area contributed by atoms with Crippen molar-refractivity contribution in [3.8, 4) is 0 Å². The van der Waals surface area contributed by atoms with Crippen LogP contribution in [0.5, 0.6) is 0 Å². The van der Waals surface area contributed by atoms with Gasteiger partial charge < -0.3 is 10.3 Å². The molecule has 114 valence electrons. The number of nitrogens with one attached hydrogen (secondary N) is 2. The Morgan fingerprint density at radius 1 is 1.23 bits per heavy atom. The van der Waals surface area contributed by atoms with Gasteiger partial charge >= 0.3 is 0 Å². The van der Waals surface area contributed by atoms with Crippen molar-refractivity contribution < 1.29 is 4.79 Å². The Labute approximate surface area is 133 Å². The van der Waals surface area contributed by atoms with Crippen molar-refractivity contribution in [3.63, 3.8) is 0 Å². The number of hydrogen-bond acceptors (Lipinski definition) is 2. The summed E-state index contributed by atoms with van der Waals surface area (Å²) in [5, 5.41) is 3.70. The van der Waals surface area contributed by atoms with Crippen LogP contribution in [0.3, 0.4) is 0 Å². The van der Waals surface area contributed by atoms with Crippen molar-refractivity contribution in [2.45, 2.75) is 31.7 Å². The number of aryl methyl sites for hydroxylation is 1. The highest BCUT2D eigenvalue weighted by atomic mass is 35.5. The minimum atomic E-state index is -0.252. The van der Waals surface area contributed by atoms with Gasteiger partial charge in [-0.25, -0.2) is 0 Å². The maximum atomic E-state index is 12.1. The zero-order valence-corrected chi connectivity index (χ0v) is 13.0. The van der Waals surface area contributed by atoms with E-state index >= 15 is 0 Å². The zero-order valence-electron chi connectivity index (χ0n) is 12.2. The zero-order chi connectivity index (χ0) is 15.7. The summed E-state index contributed by atoms with van der Waals surface area (Å²) in [6.45, 7) is 1.80. The highest BCUT2D eigenvalue weighted by molar-refractivity contribution is 6.30. The third-order valence-corrected chi connectivity index (χ3v) is 4.30. The lowest BCUT2D eigenvalue weighted by Crippen LogP contribution is -2.43. The first-order chi connectivity index (χ1) is 10.5. The van der Waals surface area contributed by atoms with E-state index in [9.17, 15) is 9.59 Å². The number of hydrogen-bond donors (Lipinski definition) is 2. The summed E-state index contributed by atoms with van der Waals surface area (Å²) in [5.41, 5.74) is 2.10. The normalized spacial score (nSPS) is 20.3. The third kappa shape index (κ3) is 3.22. The molecule has 4 nitrogen and oxygen atoms in total. The van der Waals surface area contributed by atoms with Crippen molar-refractivity contribution >= 4 is 17.5 Å². The number of amides is 1. The Hall–Kier alpha value is -2.07. The lowest BCUT2D eigenvalue weighted by Gasteiger charge is -2.36. The predicted octanol–water partition coefficient (Wildman–Crippen LogP) is 3.01. The number of halogens is 1. The van der Waals surface area contributed by atoms with Crippen LogP contribution in [0.1, 0.15) is 40.4 Å². The topological polar surface area (TPSA) is 62.0 Å². The van der Waals surface area contributed by atoms with Crippen LogP contribution in [0, 0.1) is 6.92 Å². The molecular weight excluding hydrogens is 300 g/mol. The average molecular weight is 317 g/mol. The summed E-state index contributed by atoms with van der Waals surface area (Å²) < 4.78 is 0. The van der Waals surface area contributed by atoms with E-state index in [-0.39, 0.29) is 17.5 Å². The van der Waals surface area contributed by atoms with Crippen LogP contribution in [-0.2, 0) is 0 Å². The Balaban J connectivity index is 1.58. The maximum Gasteiger partial charge on any atom is 0.268 e. The molecule has 1 aromatic carbocycles. The van der Waals surface area contributed by atoms with E-state index in [1.807, 2.05) is 24.3 Å².